The minimum Gasteiger partial charge on any atom is -0.481 e. The summed E-state index contributed by atoms with van der Waals surface area (Å²) in [5.41, 5.74) is 2.94. The first-order valence-corrected chi connectivity index (χ1v) is 8.26. The molecule has 0 atom stereocenters. The average molecular weight is 348 g/mol. The highest BCUT2D eigenvalue weighted by atomic mass is 32.1. The molecular formula is C17H20N2O4S. The number of aliphatic carboxylic acids is 1. The monoisotopic (exact) mass is 348 g/mol. The van der Waals surface area contributed by atoms with Crippen LogP contribution in [0, 0.1) is 27.7 Å². The third-order valence-corrected chi connectivity index (χ3v) is 4.61. The van der Waals surface area contributed by atoms with E-state index in [4.69, 9.17) is 9.84 Å². The molecule has 0 spiro atoms. The van der Waals surface area contributed by atoms with Gasteiger partial charge in [-0.25, -0.2) is 9.78 Å². The standard InChI is InChI=1S/C17H20N2O4S/c1-9-5-13(6-10(2)16(9)23-8-15(20)21)17(22)18-7-14-19-11(3)12(4)24-14/h5-6H,7-8H2,1-4H3,(H,18,22)(H,20,21). The van der Waals surface area contributed by atoms with Gasteiger partial charge in [-0.05, 0) is 51.0 Å². The van der Waals surface area contributed by atoms with Gasteiger partial charge < -0.3 is 15.2 Å². The number of aryl methyl sites for hydroxylation is 4. The van der Waals surface area contributed by atoms with Gasteiger partial charge in [-0.3, -0.25) is 4.79 Å². The lowest BCUT2D eigenvalue weighted by atomic mass is 10.1. The van der Waals surface area contributed by atoms with E-state index in [1.165, 1.54) is 0 Å². The fraction of sp³-hybridized carbons (Fsp3) is 0.353. The molecule has 6 nitrogen and oxygen atoms in total. The minimum atomic E-state index is -1.04. The summed E-state index contributed by atoms with van der Waals surface area (Å²) in [5.74, 6) is -0.735. The molecular weight excluding hydrogens is 328 g/mol. The molecule has 0 bridgehead atoms. The van der Waals surface area contributed by atoms with Crippen molar-refractivity contribution in [3.8, 4) is 5.75 Å². The van der Waals surface area contributed by atoms with Crippen LogP contribution in [0.4, 0.5) is 0 Å². The van der Waals surface area contributed by atoms with Crippen molar-refractivity contribution in [2.75, 3.05) is 6.61 Å². The Morgan fingerprint density at radius 1 is 1.21 bits per heavy atom. The third-order valence-electron chi connectivity index (χ3n) is 3.54. The predicted molar refractivity (Wildman–Crippen MR) is 91.8 cm³/mol. The van der Waals surface area contributed by atoms with Gasteiger partial charge >= 0.3 is 5.97 Å². The van der Waals surface area contributed by atoms with Gasteiger partial charge in [0.2, 0.25) is 0 Å². The second-order valence-electron chi connectivity index (χ2n) is 5.55. The van der Waals surface area contributed by atoms with E-state index in [9.17, 15) is 9.59 Å². The summed E-state index contributed by atoms with van der Waals surface area (Å²) in [6.45, 7) is 7.49. The lowest BCUT2D eigenvalue weighted by molar-refractivity contribution is -0.139. The van der Waals surface area contributed by atoms with E-state index in [0.29, 0.717) is 17.9 Å². The lowest BCUT2D eigenvalue weighted by Crippen LogP contribution is -2.23. The molecule has 2 aromatic rings. The molecule has 0 saturated heterocycles. The molecule has 0 unspecified atom stereocenters. The van der Waals surface area contributed by atoms with Crippen molar-refractivity contribution in [3.63, 3.8) is 0 Å². The number of benzene rings is 1. The molecule has 1 aromatic carbocycles. The molecule has 0 aliphatic rings. The fourth-order valence-electron chi connectivity index (χ4n) is 2.32. The van der Waals surface area contributed by atoms with Crippen LogP contribution >= 0.6 is 11.3 Å². The summed E-state index contributed by atoms with van der Waals surface area (Å²) in [5, 5.41) is 12.4. The highest BCUT2D eigenvalue weighted by Crippen LogP contribution is 2.25. The first-order valence-electron chi connectivity index (χ1n) is 7.45. The predicted octanol–water partition coefficient (Wildman–Crippen LogP) is 2.77. The number of carbonyl (C=O) groups is 2. The molecule has 0 aliphatic heterocycles. The highest BCUT2D eigenvalue weighted by molar-refractivity contribution is 7.11. The first-order chi connectivity index (χ1) is 11.3. The zero-order valence-electron chi connectivity index (χ0n) is 14.1. The van der Waals surface area contributed by atoms with Gasteiger partial charge in [-0.15, -0.1) is 11.3 Å². The number of carbonyl (C=O) groups excluding carboxylic acids is 1. The van der Waals surface area contributed by atoms with Crippen molar-refractivity contribution in [1.82, 2.24) is 10.3 Å². The average Bonchev–Trinajstić information content (AvgIpc) is 2.82. The van der Waals surface area contributed by atoms with Crippen LogP contribution in [0.2, 0.25) is 0 Å². The number of thiazole rings is 1. The smallest absolute Gasteiger partial charge is 0.341 e. The number of amides is 1. The normalized spacial score (nSPS) is 10.5. The zero-order valence-corrected chi connectivity index (χ0v) is 14.9. The van der Waals surface area contributed by atoms with Gasteiger partial charge in [0, 0.05) is 10.4 Å². The van der Waals surface area contributed by atoms with Crippen LogP contribution in [-0.4, -0.2) is 28.6 Å². The van der Waals surface area contributed by atoms with Crippen molar-refractivity contribution < 1.29 is 19.4 Å². The Labute approximate surface area is 144 Å². The Morgan fingerprint density at radius 3 is 2.33 bits per heavy atom. The topological polar surface area (TPSA) is 88.5 Å². The van der Waals surface area contributed by atoms with Crippen LogP contribution in [0.5, 0.6) is 5.75 Å². The van der Waals surface area contributed by atoms with E-state index in [1.54, 1.807) is 37.3 Å². The van der Waals surface area contributed by atoms with E-state index >= 15 is 0 Å². The molecule has 2 rings (SSSR count). The van der Waals surface area contributed by atoms with Gasteiger partial charge in [-0.2, -0.15) is 0 Å². The number of hydrogen-bond acceptors (Lipinski definition) is 5. The maximum absolute atomic E-state index is 12.3. The second kappa shape index (κ2) is 7.44. The summed E-state index contributed by atoms with van der Waals surface area (Å²) in [4.78, 5) is 28.5. The van der Waals surface area contributed by atoms with Gasteiger partial charge in [0.1, 0.15) is 10.8 Å². The van der Waals surface area contributed by atoms with Crippen LogP contribution in [-0.2, 0) is 11.3 Å². The minimum absolute atomic E-state index is 0.198. The second-order valence-corrected chi connectivity index (χ2v) is 6.84. The van der Waals surface area contributed by atoms with Crippen LogP contribution in [0.1, 0.15) is 37.1 Å². The summed E-state index contributed by atoms with van der Waals surface area (Å²) in [6.07, 6.45) is 0. The lowest BCUT2D eigenvalue weighted by Gasteiger charge is -2.12. The Morgan fingerprint density at radius 2 is 1.83 bits per heavy atom. The van der Waals surface area contributed by atoms with Crippen LogP contribution in [0.3, 0.4) is 0 Å². The molecule has 1 heterocycles. The molecule has 0 fully saturated rings. The van der Waals surface area contributed by atoms with E-state index in [0.717, 1.165) is 26.7 Å². The number of rotatable bonds is 6. The number of carboxylic acids is 1. The third kappa shape index (κ3) is 4.32. The molecule has 1 aromatic heterocycles. The number of hydrogen-bond donors (Lipinski definition) is 2. The Balaban J connectivity index is 2.08. The van der Waals surface area contributed by atoms with Gasteiger partial charge in [0.05, 0.1) is 12.2 Å². The quantitative estimate of drug-likeness (QED) is 0.838. The van der Waals surface area contributed by atoms with Gasteiger partial charge in [0.25, 0.3) is 5.91 Å². The van der Waals surface area contributed by atoms with Crippen molar-refractivity contribution in [2.45, 2.75) is 34.2 Å². The Kier molecular flexibility index (Phi) is 5.56. The number of nitrogens with one attached hydrogen (secondary N) is 1. The molecule has 2 N–H and O–H groups in total. The molecule has 0 saturated carbocycles. The molecule has 24 heavy (non-hydrogen) atoms. The maximum Gasteiger partial charge on any atom is 0.341 e. The number of ether oxygens (including phenoxy) is 1. The molecule has 0 radical (unpaired) electrons. The molecule has 128 valence electrons. The summed E-state index contributed by atoms with van der Waals surface area (Å²) >= 11 is 1.57. The highest BCUT2D eigenvalue weighted by Gasteiger charge is 2.13. The van der Waals surface area contributed by atoms with E-state index in [2.05, 4.69) is 10.3 Å². The van der Waals surface area contributed by atoms with Crippen LogP contribution in [0.15, 0.2) is 12.1 Å². The Bertz CT molecular complexity index is 740. The summed E-state index contributed by atoms with van der Waals surface area (Å²) < 4.78 is 5.27. The van der Waals surface area contributed by atoms with E-state index in [-0.39, 0.29) is 5.91 Å². The van der Waals surface area contributed by atoms with Crippen molar-refractivity contribution >= 4 is 23.2 Å². The maximum atomic E-state index is 12.3. The summed E-state index contributed by atoms with van der Waals surface area (Å²) in [6, 6.07) is 3.38. The Hall–Kier alpha value is -2.41. The largest absolute Gasteiger partial charge is 0.481 e. The number of nitrogens with zero attached hydrogens (tertiary/aromatic N) is 1. The van der Waals surface area contributed by atoms with E-state index < -0.39 is 12.6 Å². The number of aromatic nitrogens is 1. The first kappa shape index (κ1) is 17.9. The van der Waals surface area contributed by atoms with Crippen molar-refractivity contribution in [3.05, 3.63) is 44.4 Å². The van der Waals surface area contributed by atoms with Gasteiger partial charge in [-0.1, -0.05) is 0 Å². The van der Waals surface area contributed by atoms with E-state index in [1.807, 2.05) is 13.8 Å². The molecule has 1 amide bonds. The fourth-order valence-corrected chi connectivity index (χ4v) is 3.19. The number of carboxylic acid groups (broad SMARTS) is 1. The molecule has 0 aliphatic carbocycles. The summed E-state index contributed by atoms with van der Waals surface area (Å²) in [7, 11) is 0. The van der Waals surface area contributed by atoms with Crippen molar-refractivity contribution in [2.24, 2.45) is 0 Å². The van der Waals surface area contributed by atoms with Crippen molar-refractivity contribution in [1.29, 1.82) is 0 Å². The van der Waals surface area contributed by atoms with Crippen LogP contribution in [0.25, 0.3) is 0 Å². The molecule has 7 heteroatoms. The van der Waals surface area contributed by atoms with Gasteiger partial charge in [0.15, 0.2) is 6.61 Å². The van der Waals surface area contributed by atoms with Crippen LogP contribution < -0.4 is 10.1 Å². The SMILES string of the molecule is Cc1cc(C(=O)NCc2nc(C)c(C)s2)cc(C)c1OCC(=O)O. The zero-order chi connectivity index (χ0) is 17.9.